The Morgan fingerprint density at radius 3 is 2.58 bits per heavy atom. The topological polar surface area (TPSA) is 53.4 Å². The number of rotatable bonds is 4. The minimum Gasteiger partial charge on any atom is -0.476 e. The van der Waals surface area contributed by atoms with Gasteiger partial charge in [0.05, 0.1) is 0 Å². The third kappa shape index (κ3) is 3.24. The van der Waals surface area contributed by atoms with Crippen molar-refractivity contribution < 1.29 is 9.90 Å². The highest BCUT2D eigenvalue weighted by Gasteiger charge is 2.16. The van der Waals surface area contributed by atoms with Gasteiger partial charge in [0.25, 0.3) is 0 Å². The van der Waals surface area contributed by atoms with Crippen molar-refractivity contribution in [1.29, 1.82) is 0 Å². The van der Waals surface area contributed by atoms with Crippen LogP contribution in [-0.2, 0) is 6.54 Å². The quantitative estimate of drug-likeness (QED) is 0.939. The van der Waals surface area contributed by atoms with Crippen LogP contribution in [0.4, 0.5) is 5.13 Å². The smallest absolute Gasteiger partial charge is 0.355 e. The van der Waals surface area contributed by atoms with E-state index in [0.717, 1.165) is 5.56 Å². The molecule has 0 spiro atoms. The molecule has 0 amide bonds. The number of aromatic nitrogens is 1. The molecule has 4 nitrogen and oxygen atoms in total. The van der Waals surface area contributed by atoms with Gasteiger partial charge in [0, 0.05) is 23.5 Å². The summed E-state index contributed by atoms with van der Waals surface area (Å²) < 4.78 is 0. The number of nitrogens with zero attached hydrogens (tertiary/aromatic N) is 2. The molecule has 2 rings (SSSR count). The molecule has 0 aliphatic carbocycles. The van der Waals surface area contributed by atoms with E-state index in [9.17, 15) is 4.79 Å². The van der Waals surface area contributed by atoms with Crippen LogP contribution in [0.2, 0.25) is 5.02 Å². The first kappa shape index (κ1) is 13.8. The second-order valence-electron chi connectivity index (χ2n) is 4.19. The SMILES string of the molecule is Cc1sc(N(C)Cc2ccc(Cl)cc2)nc1C(=O)O. The maximum Gasteiger partial charge on any atom is 0.355 e. The van der Waals surface area contributed by atoms with Crippen LogP contribution in [0, 0.1) is 6.92 Å². The Morgan fingerprint density at radius 2 is 2.05 bits per heavy atom. The van der Waals surface area contributed by atoms with Gasteiger partial charge in [-0.15, -0.1) is 11.3 Å². The fourth-order valence-corrected chi connectivity index (χ4v) is 2.66. The summed E-state index contributed by atoms with van der Waals surface area (Å²) in [5.74, 6) is -0.986. The van der Waals surface area contributed by atoms with Gasteiger partial charge in [0.2, 0.25) is 0 Å². The lowest BCUT2D eigenvalue weighted by Gasteiger charge is -2.15. The van der Waals surface area contributed by atoms with Crippen molar-refractivity contribution in [2.24, 2.45) is 0 Å². The summed E-state index contributed by atoms with van der Waals surface area (Å²) in [4.78, 5) is 17.7. The molecule has 100 valence electrons. The minimum absolute atomic E-state index is 0.128. The number of halogens is 1. The average molecular weight is 297 g/mol. The van der Waals surface area contributed by atoms with Gasteiger partial charge in [0.1, 0.15) is 0 Å². The second-order valence-corrected chi connectivity index (χ2v) is 5.81. The van der Waals surface area contributed by atoms with E-state index in [1.165, 1.54) is 11.3 Å². The number of hydrogen-bond donors (Lipinski definition) is 1. The molecular weight excluding hydrogens is 284 g/mol. The third-order valence-electron chi connectivity index (χ3n) is 2.65. The number of carboxylic acid groups (broad SMARTS) is 1. The molecule has 1 aromatic carbocycles. The molecule has 1 heterocycles. The van der Waals surface area contributed by atoms with E-state index in [1.54, 1.807) is 6.92 Å². The van der Waals surface area contributed by atoms with Gasteiger partial charge in [-0.05, 0) is 24.6 Å². The van der Waals surface area contributed by atoms with Crippen molar-refractivity contribution >= 4 is 34.0 Å². The largest absolute Gasteiger partial charge is 0.476 e. The zero-order valence-electron chi connectivity index (χ0n) is 10.6. The second kappa shape index (κ2) is 5.59. The molecule has 0 saturated heterocycles. The summed E-state index contributed by atoms with van der Waals surface area (Å²) in [5.41, 5.74) is 1.22. The Kier molecular flexibility index (Phi) is 4.07. The normalized spacial score (nSPS) is 10.5. The first-order chi connectivity index (χ1) is 8.97. The fourth-order valence-electron chi connectivity index (χ4n) is 1.68. The maximum absolute atomic E-state index is 11.0. The molecule has 0 aliphatic rings. The van der Waals surface area contributed by atoms with E-state index in [-0.39, 0.29) is 5.69 Å². The molecule has 0 unspecified atom stereocenters. The predicted octanol–water partition coefficient (Wildman–Crippen LogP) is 3.44. The van der Waals surface area contributed by atoms with E-state index in [4.69, 9.17) is 16.7 Å². The van der Waals surface area contributed by atoms with Crippen LogP contribution in [0.15, 0.2) is 24.3 Å². The standard InChI is InChI=1S/C13H13ClN2O2S/c1-8-11(12(17)18)15-13(19-8)16(2)7-9-3-5-10(14)6-4-9/h3-6H,7H2,1-2H3,(H,17,18). The number of anilines is 1. The van der Waals surface area contributed by atoms with E-state index < -0.39 is 5.97 Å². The summed E-state index contributed by atoms with van der Waals surface area (Å²) in [6.07, 6.45) is 0. The van der Waals surface area contributed by atoms with Gasteiger partial charge in [0.15, 0.2) is 10.8 Å². The van der Waals surface area contributed by atoms with Crippen LogP contribution in [0.25, 0.3) is 0 Å². The van der Waals surface area contributed by atoms with Crippen LogP contribution >= 0.6 is 22.9 Å². The van der Waals surface area contributed by atoms with Crippen LogP contribution < -0.4 is 4.90 Å². The lowest BCUT2D eigenvalue weighted by Crippen LogP contribution is -2.16. The minimum atomic E-state index is -0.986. The first-order valence-electron chi connectivity index (χ1n) is 5.63. The predicted molar refractivity (Wildman–Crippen MR) is 77.4 cm³/mol. The molecule has 19 heavy (non-hydrogen) atoms. The molecular formula is C13H13ClN2O2S. The van der Waals surface area contributed by atoms with Crippen LogP contribution in [0.5, 0.6) is 0 Å². The molecule has 0 aliphatic heterocycles. The van der Waals surface area contributed by atoms with Gasteiger partial charge in [-0.1, -0.05) is 23.7 Å². The summed E-state index contributed by atoms with van der Waals surface area (Å²) in [6.45, 7) is 2.42. The highest BCUT2D eigenvalue weighted by molar-refractivity contribution is 7.15. The summed E-state index contributed by atoms with van der Waals surface area (Å²) in [7, 11) is 1.89. The van der Waals surface area contributed by atoms with Crippen molar-refractivity contribution in [2.45, 2.75) is 13.5 Å². The van der Waals surface area contributed by atoms with Gasteiger partial charge < -0.3 is 10.0 Å². The fraction of sp³-hybridized carbons (Fsp3) is 0.231. The van der Waals surface area contributed by atoms with Crippen LogP contribution in [0.3, 0.4) is 0 Å². The maximum atomic E-state index is 11.0. The molecule has 6 heteroatoms. The highest BCUT2D eigenvalue weighted by Crippen LogP contribution is 2.26. The van der Waals surface area contributed by atoms with Gasteiger partial charge in [-0.25, -0.2) is 9.78 Å². The molecule has 1 N–H and O–H groups in total. The van der Waals surface area contributed by atoms with E-state index in [0.29, 0.717) is 21.6 Å². The molecule has 0 fully saturated rings. The van der Waals surface area contributed by atoms with Crippen LogP contribution in [-0.4, -0.2) is 23.1 Å². The van der Waals surface area contributed by atoms with Gasteiger partial charge in [-0.3, -0.25) is 0 Å². The van der Waals surface area contributed by atoms with Crippen molar-refractivity contribution in [1.82, 2.24) is 4.98 Å². The van der Waals surface area contributed by atoms with Crippen LogP contribution in [0.1, 0.15) is 20.9 Å². The number of benzene rings is 1. The molecule has 2 aromatic rings. The molecule has 1 aromatic heterocycles. The monoisotopic (exact) mass is 296 g/mol. The number of carboxylic acids is 1. The molecule has 0 radical (unpaired) electrons. The van der Waals surface area contributed by atoms with Gasteiger partial charge in [-0.2, -0.15) is 0 Å². The Morgan fingerprint density at radius 1 is 1.42 bits per heavy atom. The third-order valence-corrected chi connectivity index (χ3v) is 3.98. The zero-order chi connectivity index (χ0) is 14.0. The lowest BCUT2D eigenvalue weighted by atomic mass is 10.2. The van der Waals surface area contributed by atoms with Gasteiger partial charge >= 0.3 is 5.97 Å². The highest BCUT2D eigenvalue weighted by atomic mass is 35.5. The van der Waals surface area contributed by atoms with Crippen molar-refractivity contribution in [3.05, 3.63) is 45.4 Å². The number of hydrogen-bond acceptors (Lipinski definition) is 4. The molecule has 0 bridgehead atoms. The van der Waals surface area contributed by atoms with E-state index in [1.807, 2.05) is 36.2 Å². The van der Waals surface area contributed by atoms with Crippen molar-refractivity contribution in [3.8, 4) is 0 Å². The Hall–Kier alpha value is -1.59. The number of aromatic carboxylic acids is 1. The summed E-state index contributed by atoms with van der Waals surface area (Å²) in [6, 6.07) is 7.55. The van der Waals surface area contributed by atoms with E-state index >= 15 is 0 Å². The number of aryl methyl sites for hydroxylation is 1. The molecule has 0 saturated carbocycles. The number of thiazole rings is 1. The Balaban J connectivity index is 2.15. The zero-order valence-corrected chi connectivity index (χ0v) is 12.1. The van der Waals surface area contributed by atoms with Crippen molar-refractivity contribution in [3.63, 3.8) is 0 Å². The summed E-state index contributed by atoms with van der Waals surface area (Å²) >= 11 is 7.22. The van der Waals surface area contributed by atoms with E-state index in [2.05, 4.69) is 4.98 Å². The average Bonchev–Trinajstić information content (AvgIpc) is 2.74. The van der Waals surface area contributed by atoms with Crippen molar-refractivity contribution in [2.75, 3.05) is 11.9 Å². The Labute approximate surface area is 120 Å². The number of carbonyl (C=O) groups is 1. The summed E-state index contributed by atoms with van der Waals surface area (Å²) in [5, 5.41) is 10.4. The lowest BCUT2D eigenvalue weighted by molar-refractivity contribution is 0.0690. The first-order valence-corrected chi connectivity index (χ1v) is 6.83. The Bertz CT molecular complexity index is 595. The molecule has 0 atom stereocenters.